The van der Waals surface area contributed by atoms with Gasteiger partial charge in [0.15, 0.2) is 0 Å². The first-order valence-electron chi connectivity index (χ1n) is 6.22. The smallest absolute Gasteiger partial charge is 0.312 e. The summed E-state index contributed by atoms with van der Waals surface area (Å²) in [5.74, 6) is 0.329. The summed E-state index contributed by atoms with van der Waals surface area (Å²) in [6.07, 6.45) is 0. The van der Waals surface area contributed by atoms with Crippen LogP contribution in [-0.2, 0) is 7.05 Å². The second-order valence-electron chi connectivity index (χ2n) is 4.79. The zero-order valence-electron chi connectivity index (χ0n) is 12.2. The van der Waals surface area contributed by atoms with Gasteiger partial charge in [-0.05, 0) is 31.9 Å². The third-order valence-electron chi connectivity index (χ3n) is 3.08. The van der Waals surface area contributed by atoms with Gasteiger partial charge in [-0.3, -0.25) is 10.1 Å². The second-order valence-corrected chi connectivity index (χ2v) is 4.79. The number of rotatable bonds is 3. The van der Waals surface area contributed by atoms with Crippen LogP contribution in [0.4, 0.5) is 5.69 Å². The first-order valence-corrected chi connectivity index (χ1v) is 6.22. The van der Waals surface area contributed by atoms with Crippen LogP contribution < -0.4 is 4.74 Å². The van der Waals surface area contributed by atoms with E-state index in [-0.39, 0.29) is 22.9 Å². The summed E-state index contributed by atoms with van der Waals surface area (Å²) in [4.78, 5) is 10.7. The molecule has 0 atom stereocenters. The number of ether oxygens (including phenoxy) is 1. The third-order valence-corrected chi connectivity index (χ3v) is 3.08. The van der Waals surface area contributed by atoms with Crippen molar-refractivity contribution in [2.75, 3.05) is 0 Å². The fraction of sp³-hybridized carbons (Fsp3) is 0.286. The lowest BCUT2D eigenvalue weighted by Gasteiger charge is -2.10. The van der Waals surface area contributed by atoms with Crippen LogP contribution in [0.1, 0.15) is 22.4 Å². The highest BCUT2D eigenvalue weighted by molar-refractivity contribution is 5.56. The zero-order chi connectivity index (χ0) is 15.7. The van der Waals surface area contributed by atoms with Crippen LogP contribution in [0.25, 0.3) is 0 Å². The van der Waals surface area contributed by atoms with Gasteiger partial charge >= 0.3 is 5.69 Å². The number of aryl methyl sites for hydroxylation is 4. The molecule has 1 aromatic carbocycles. The van der Waals surface area contributed by atoms with Gasteiger partial charge in [0.25, 0.3) is 0 Å². The SMILES string of the molecule is Cc1cc(C)c(Oc2c(C#N)c(C)nn2C)c([N+](=O)[O-])c1. The Balaban J connectivity index is 2.60. The predicted molar refractivity (Wildman–Crippen MR) is 75.3 cm³/mol. The lowest BCUT2D eigenvalue weighted by molar-refractivity contribution is -0.385. The molecule has 108 valence electrons. The highest BCUT2D eigenvalue weighted by Gasteiger charge is 2.23. The average Bonchev–Trinajstić information content (AvgIpc) is 2.66. The van der Waals surface area contributed by atoms with Gasteiger partial charge in [-0.1, -0.05) is 6.07 Å². The fourth-order valence-electron chi connectivity index (χ4n) is 2.18. The van der Waals surface area contributed by atoms with Crippen molar-refractivity contribution >= 4 is 5.69 Å². The van der Waals surface area contributed by atoms with Crippen molar-refractivity contribution in [3.63, 3.8) is 0 Å². The van der Waals surface area contributed by atoms with Crippen molar-refractivity contribution in [1.82, 2.24) is 9.78 Å². The van der Waals surface area contributed by atoms with Crippen LogP contribution >= 0.6 is 0 Å². The molecule has 0 aliphatic heterocycles. The molecule has 0 aliphatic carbocycles. The van der Waals surface area contributed by atoms with Crippen LogP contribution in [-0.4, -0.2) is 14.7 Å². The normalized spacial score (nSPS) is 10.2. The molecule has 0 spiro atoms. The standard InChI is InChI=1S/C14H14N4O3/c1-8-5-9(2)13(12(6-8)18(19)20)21-14-11(7-15)10(3)16-17(14)4/h5-6H,1-4H3. The minimum atomic E-state index is -0.495. The number of hydrogen-bond acceptors (Lipinski definition) is 5. The lowest BCUT2D eigenvalue weighted by Crippen LogP contribution is -2.01. The van der Waals surface area contributed by atoms with Gasteiger partial charge in [0.1, 0.15) is 11.6 Å². The van der Waals surface area contributed by atoms with E-state index < -0.39 is 4.92 Å². The second kappa shape index (κ2) is 5.25. The molecule has 0 bridgehead atoms. The Morgan fingerprint density at radius 3 is 2.62 bits per heavy atom. The van der Waals surface area contributed by atoms with Crippen molar-refractivity contribution in [2.45, 2.75) is 20.8 Å². The molecular weight excluding hydrogens is 272 g/mol. The summed E-state index contributed by atoms with van der Waals surface area (Å²) in [5.41, 5.74) is 2.06. The molecule has 0 amide bonds. The van der Waals surface area contributed by atoms with Crippen molar-refractivity contribution in [2.24, 2.45) is 7.05 Å². The number of nitro groups is 1. The number of nitriles is 1. The number of aromatic nitrogens is 2. The molecule has 1 aromatic heterocycles. The van der Waals surface area contributed by atoms with Crippen LogP contribution in [0.2, 0.25) is 0 Å². The number of benzene rings is 1. The molecule has 0 unspecified atom stereocenters. The van der Waals surface area contributed by atoms with Crippen LogP contribution in [0, 0.1) is 42.2 Å². The molecule has 0 radical (unpaired) electrons. The number of nitrogens with zero attached hydrogens (tertiary/aromatic N) is 4. The maximum absolute atomic E-state index is 11.2. The van der Waals surface area contributed by atoms with Crippen LogP contribution in [0.3, 0.4) is 0 Å². The Morgan fingerprint density at radius 2 is 2.05 bits per heavy atom. The van der Waals surface area contributed by atoms with Gasteiger partial charge in [0.05, 0.1) is 10.6 Å². The van der Waals surface area contributed by atoms with Crippen molar-refractivity contribution < 1.29 is 9.66 Å². The zero-order valence-corrected chi connectivity index (χ0v) is 12.2. The molecule has 0 saturated heterocycles. The average molecular weight is 286 g/mol. The highest BCUT2D eigenvalue weighted by atomic mass is 16.6. The lowest BCUT2D eigenvalue weighted by atomic mass is 10.1. The topological polar surface area (TPSA) is 94.0 Å². The Kier molecular flexibility index (Phi) is 3.63. The van der Waals surface area contributed by atoms with E-state index in [1.54, 1.807) is 33.9 Å². The van der Waals surface area contributed by atoms with E-state index in [0.717, 1.165) is 5.56 Å². The van der Waals surface area contributed by atoms with Gasteiger partial charge in [0.2, 0.25) is 11.6 Å². The van der Waals surface area contributed by atoms with E-state index in [1.807, 2.05) is 6.07 Å². The van der Waals surface area contributed by atoms with Crippen molar-refractivity contribution in [1.29, 1.82) is 5.26 Å². The van der Waals surface area contributed by atoms with Gasteiger partial charge in [-0.25, -0.2) is 4.68 Å². The van der Waals surface area contributed by atoms with Gasteiger partial charge in [0, 0.05) is 13.1 Å². The van der Waals surface area contributed by atoms with Gasteiger partial charge < -0.3 is 4.74 Å². The maximum Gasteiger partial charge on any atom is 0.312 e. The van der Waals surface area contributed by atoms with E-state index >= 15 is 0 Å². The molecule has 7 nitrogen and oxygen atoms in total. The predicted octanol–water partition coefficient (Wildman–Crippen LogP) is 2.92. The fourth-order valence-corrected chi connectivity index (χ4v) is 2.18. The van der Waals surface area contributed by atoms with Gasteiger partial charge in [-0.2, -0.15) is 10.4 Å². The molecule has 21 heavy (non-hydrogen) atoms. The maximum atomic E-state index is 11.2. The summed E-state index contributed by atoms with van der Waals surface area (Å²) in [6.45, 7) is 5.19. The Labute approximate surface area is 121 Å². The van der Waals surface area contributed by atoms with Gasteiger partial charge in [-0.15, -0.1) is 0 Å². The number of hydrogen-bond donors (Lipinski definition) is 0. The van der Waals surface area contributed by atoms with E-state index in [9.17, 15) is 10.1 Å². The molecule has 7 heteroatoms. The minimum absolute atomic E-state index is 0.129. The summed E-state index contributed by atoms with van der Waals surface area (Å²) in [7, 11) is 1.62. The minimum Gasteiger partial charge on any atom is -0.430 e. The first-order chi connectivity index (χ1) is 9.85. The monoisotopic (exact) mass is 286 g/mol. The van der Waals surface area contributed by atoms with E-state index in [1.165, 1.54) is 10.7 Å². The Morgan fingerprint density at radius 1 is 1.38 bits per heavy atom. The van der Waals surface area contributed by atoms with Crippen LogP contribution in [0.15, 0.2) is 12.1 Å². The van der Waals surface area contributed by atoms with Crippen LogP contribution in [0.5, 0.6) is 11.6 Å². The summed E-state index contributed by atoms with van der Waals surface area (Å²) < 4.78 is 7.07. The Hall–Kier alpha value is -2.88. The largest absolute Gasteiger partial charge is 0.430 e. The summed E-state index contributed by atoms with van der Waals surface area (Å²) in [6, 6.07) is 5.24. The first kappa shape index (κ1) is 14.5. The van der Waals surface area contributed by atoms with Crippen molar-refractivity contribution in [3.05, 3.63) is 44.6 Å². The third kappa shape index (κ3) is 2.56. The van der Waals surface area contributed by atoms with E-state index in [2.05, 4.69) is 5.10 Å². The quantitative estimate of drug-likeness (QED) is 0.638. The molecule has 0 fully saturated rings. The Bertz CT molecular complexity index is 772. The molecule has 2 aromatic rings. The van der Waals surface area contributed by atoms with E-state index in [4.69, 9.17) is 10.00 Å². The molecule has 0 N–H and O–H groups in total. The molecular formula is C14H14N4O3. The molecule has 0 aliphatic rings. The summed E-state index contributed by atoms with van der Waals surface area (Å²) >= 11 is 0. The molecule has 0 saturated carbocycles. The number of nitro benzene ring substituents is 1. The highest BCUT2D eigenvalue weighted by Crippen LogP contribution is 2.37. The molecule has 2 rings (SSSR count). The molecule has 1 heterocycles. The van der Waals surface area contributed by atoms with Crippen molar-refractivity contribution in [3.8, 4) is 17.7 Å². The van der Waals surface area contributed by atoms with E-state index in [0.29, 0.717) is 11.3 Å². The summed E-state index contributed by atoms with van der Waals surface area (Å²) in [5, 5.41) is 24.5.